The van der Waals surface area contributed by atoms with E-state index >= 15 is 0 Å². The lowest BCUT2D eigenvalue weighted by Crippen LogP contribution is -2.47. The van der Waals surface area contributed by atoms with Gasteiger partial charge in [0.2, 0.25) is 6.79 Å². The predicted molar refractivity (Wildman–Crippen MR) is 101 cm³/mol. The molecule has 0 bridgehead atoms. The normalized spacial score (nSPS) is 20.6. The van der Waals surface area contributed by atoms with Gasteiger partial charge in [0.1, 0.15) is 12.7 Å². The molecule has 144 valence electrons. The summed E-state index contributed by atoms with van der Waals surface area (Å²) in [7, 11) is 0. The van der Waals surface area contributed by atoms with Gasteiger partial charge in [0.25, 0.3) is 0 Å². The summed E-state index contributed by atoms with van der Waals surface area (Å²) in [6.07, 6.45) is 1.92. The van der Waals surface area contributed by atoms with Crippen LogP contribution in [0.5, 0.6) is 23.0 Å². The van der Waals surface area contributed by atoms with Crippen molar-refractivity contribution in [2.75, 3.05) is 39.6 Å². The summed E-state index contributed by atoms with van der Waals surface area (Å²) in [5, 5.41) is 0. The average molecular weight is 381 g/mol. The molecule has 0 N–H and O–H groups in total. The Morgan fingerprint density at radius 2 is 1.86 bits per heavy atom. The van der Waals surface area contributed by atoms with Crippen LogP contribution in [0.4, 0.5) is 0 Å². The van der Waals surface area contributed by atoms with Gasteiger partial charge in [-0.3, -0.25) is 4.90 Å². The molecular weight excluding hydrogens is 360 g/mol. The zero-order chi connectivity index (χ0) is 18.9. The fourth-order valence-corrected chi connectivity index (χ4v) is 3.63. The van der Waals surface area contributed by atoms with Crippen molar-refractivity contribution in [2.45, 2.75) is 6.10 Å². The van der Waals surface area contributed by atoms with Gasteiger partial charge in [0.15, 0.2) is 35.8 Å². The van der Waals surface area contributed by atoms with Crippen molar-refractivity contribution in [1.82, 2.24) is 4.90 Å². The van der Waals surface area contributed by atoms with Crippen molar-refractivity contribution in [3.63, 3.8) is 0 Å². The third kappa shape index (κ3) is 3.29. The van der Waals surface area contributed by atoms with Gasteiger partial charge in [0.05, 0.1) is 18.7 Å². The van der Waals surface area contributed by atoms with Crippen LogP contribution >= 0.6 is 0 Å². The summed E-state index contributed by atoms with van der Waals surface area (Å²) in [5.41, 5.74) is 0.606. The van der Waals surface area contributed by atoms with Crippen LogP contribution in [0.3, 0.4) is 0 Å². The highest BCUT2D eigenvalue weighted by Crippen LogP contribution is 2.33. The van der Waals surface area contributed by atoms with Crippen LogP contribution in [0.15, 0.2) is 42.5 Å². The van der Waals surface area contributed by atoms with E-state index in [2.05, 4.69) is 4.90 Å². The summed E-state index contributed by atoms with van der Waals surface area (Å²) in [4.78, 5) is 15.0. The first-order valence-electron chi connectivity index (χ1n) is 9.41. The number of carbonyl (C=O) groups excluding carboxylic acids is 1. The molecule has 28 heavy (non-hydrogen) atoms. The molecule has 3 heterocycles. The van der Waals surface area contributed by atoms with Gasteiger partial charge < -0.3 is 18.9 Å². The molecule has 7 nitrogen and oxygen atoms in total. The van der Waals surface area contributed by atoms with Crippen molar-refractivity contribution in [3.05, 3.63) is 48.0 Å². The third-order valence-electron chi connectivity index (χ3n) is 5.13. The number of hydrogen-bond acceptors (Lipinski definition) is 6. The second kappa shape index (κ2) is 7.16. The Balaban J connectivity index is 1.20. The molecule has 0 aromatic heterocycles. The molecule has 0 fully saturated rings. The Bertz CT molecular complexity index is 942. The monoisotopic (exact) mass is 381 g/mol. The molecule has 0 saturated carbocycles. The standard InChI is InChI=1S/C21H21N2O5/c24-21(15-5-6-18-20(11-15)27-14-26-18)23-9-7-22(8-10-23)12-16-13-25-17-3-1-2-4-19(17)28-16/h1-6,9,11,16H,7-8,10,12-14H2/q+1. The molecular formula is C21H21N2O5+. The molecule has 5 rings (SSSR count). The van der Waals surface area contributed by atoms with Gasteiger partial charge in [0, 0.05) is 12.6 Å². The number of hydrogen-bond donors (Lipinski definition) is 0. The molecule has 1 unspecified atom stereocenters. The van der Waals surface area contributed by atoms with E-state index in [1.807, 2.05) is 30.5 Å². The second-order valence-corrected chi connectivity index (χ2v) is 7.01. The Labute approximate surface area is 162 Å². The molecule has 3 aliphatic heterocycles. The average Bonchev–Trinajstić information content (AvgIpc) is 3.21. The SMILES string of the molecule is O=C(c1ccc2c(c1)OCO2)[N+]1=CCN(CC2COc3ccccc3O2)CC1. The van der Waals surface area contributed by atoms with E-state index < -0.39 is 0 Å². The Hall–Kier alpha value is -3.06. The third-order valence-corrected chi connectivity index (χ3v) is 5.13. The highest BCUT2D eigenvalue weighted by atomic mass is 16.7. The van der Waals surface area contributed by atoms with E-state index in [4.69, 9.17) is 18.9 Å². The van der Waals surface area contributed by atoms with Crippen molar-refractivity contribution in [2.24, 2.45) is 0 Å². The minimum atomic E-state index is -0.0240. The minimum Gasteiger partial charge on any atom is -0.486 e. The van der Waals surface area contributed by atoms with Crippen LogP contribution in [-0.2, 0) is 0 Å². The summed E-state index contributed by atoms with van der Waals surface area (Å²) in [5.74, 6) is 2.87. The van der Waals surface area contributed by atoms with E-state index in [0.717, 1.165) is 24.6 Å². The van der Waals surface area contributed by atoms with Crippen LogP contribution in [-0.4, -0.2) is 67.3 Å². The van der Waals surface area contributed by atoms with Crippen LogP contribution < -0.4 is 18.9 Å². The fraction of sp³-hybridized carbons (Fsp3) is 0.333. The lowest BCUT2D eigenvalue weighted by atomic mass is 10.1. The first-order valence-corrected chi connectivity index (χ1v) is 9.41. The van der Waals surface area contributed by atoms with Crippen molar-refractivity contribution < 1.29 is 28.3 Å². The topological polar surface area (TPSA) is 60.2 Å². The number of fused-ring (bicyclic) bond motifs is 2. The molecule has 0 radical (unpaired) electrons. The van der Waals surface area contributed by atoms with Crippen molar-refractivity contribution in [1.29, 1.82) is 0 Å². The zero-order valence-electron chi connectivity index (χ0n) is 15.4. The molecule has 2 aromatic carbocycles. The molecule has 3 aliphatic rings. The van der Waals surface area contributed by atoms with Gasteiger partial charge >= 0.3 is 5.91 Å². The fourth-order valence-electron chi connectivity index (χ4n) is 3.63. The lowest BCUT2D eigenvalue weighted by molar-refractivity contribution is -0.431. The number of ether oxygens (including phenoxy) is 4. The van der Waals surface area contributed by atoms with E-state index in [0.29, 0.717) is 36.8 Å². The summed E-state index contributed by atoms with van der Waals surface area (Å²) in [6.45, 7) is 3.61. The van der Waals surface area contributed by atoms with Crippen LogP contribution in [0, 0.1) is 0 Å². The van der Waals surface area contributed by atoms with Crippen LogP contribution in [0.2, 0.25) is 0 Å². The Kier molecular flexibility index (Phi) is 4.37. The quantitative estimate of drug-likeness (QED) is 0.756. The van der Waals surface area contributed by atoms with E-state index in [1.54, 1.807) is 22.8 Å². The molecule has 1 atom stereocenters. The van der Waals surface area contributed by atoms with E-state index in [9.17, 15) is 4.79 Å². The number of para-hydroxylation sites is 2. The second-order valence-electron chi connectivity index (χ2n) is 7.01. The van der Waals surface area contributed by atoms with Gasteiger partial charge in [-0.1, -0.05) is 12.1 Å². The summed E-state index contributed by atoms with van der Waals surface area (Å²) < 4.78 is 24.3. The first kappa shape index (κ1) is 17.1. The molecule has 1 amide bonds. The number of carbonyl (C=O) groups is 1. The zero-order valence-corrected chi connectivity index (χ0v) is 15.4. The maximum Gasteiger partial charge on any atom is 0.419 e. The number of amides is 1. The van der Waals surface area contributed by atoms with Crippen LogP contribution in [0.25, 0.3) is 0 Å². The molecule has 0 spiro atoms. The molecule has 2 aromatic rings. The lowest BCUT2D eigenvalue weighted by Gasteiger charge is -2.31. The molecule has 7 heteroatoms. The van der Waals surface area contributed by atoms with Gasteiger partial charge in [-0.2, -0.15) is 4.58 Å². The van der Waals surface area contributed by atoms with E-state index in [1.165, 1.54) is 0 Å². The van der Waals surface area contributed by atoms with Crippen LogP contribution in [0.1, 0.15) is 10.4 Å². The highest BCUT2D eigenvalue weighted by molar-refractivity contribution is 5.90. The number of rotatable bonds is 3. The van der Waals surface area contributed by atoms with Crippen molar-refractivity contribution >= 4 is 12.1 Å². The van der Waals surface area contributed by atoms with Gasteiger partial charge in [-0.25, -0.2) is 4.79 Å². The maximum atomic E-state index is 12.8. The smallest absolute Gasteiger partial charge is 0.419 e. The predicted octanol–water partition coefficient (Wildman–Crippen LogP) is 1.79. The highest BCUT2D eigenvalue weighted by Gasteiger charge is 2.29. The van der Waals surface area contributed by atoms with Crippen molar-refractivity contribution in [3.8, 4) is 23.0 Å². The number of nitrogens with zero attached hydrogens (tertiary/aromatic N) is 2. The molecule has 0 aliphatic carbocycles. The van der Waals surface area contributed by atoms with E-state index in [-0.39, 0.29) is 18.8 Å². The minimum absolute atomic E-state index is 0.0144. The largest absolute Gasteiger partial charge is 0.486 e. The summed E-state index contributed by atoms with van der Waals surface area (Å²) in [6, 6.07) is 13.0. The Morgan fingerprint density at radius 1 is 1.04 bits per heavy atom. The summed E-state index contributed by atoms with van der Waals surface area (Å²) >= 11 is 0. The van der Waals surface area contributed by atoms with Gasteiger partial charge in [-0.15, -0.1) is 0 Å². The Morgan fingerprint density at radius 3 is 2.71 bits per heavy atom. The molecule has 0 saturated heterocycles. The first-order chi connectivity index (χ1) is 13.8. The maximum absolute atomic E-state index is 12.8. The van der Waals surface area contributed by atoms with Gasteiger partial charge in [-0.05, 0) is 24.3 Å². The number of benzene rings is 2.